The van der Waals surface area contributed by atoms with Crippen LogP contribution >= 0.6 is 0 Å². The third-order valence-electron chi connectivity index (χ3n) is 5.62. The summed E-state index contributed by atoms with van der Waals surface area (Å²) in [6, 6.07) is 11.0. The lowest BCUT2D eigenvalue weighted by atomic mass is 10.0. The molecule has 33 heavy (non-hydrogen) atoms. The maximum absolute atomic E-state index is 15.7. The monoisotopic (exact) mass is 436 g/mol. The van der Waals surface area contributed by atoms with E-state index in [-0.39, 0.29) is 0 Å². The van der Waals surface area contributed by atoms with E-state index in [0.717, 1.165) is 16.7 Å². The second kappa shape index (κ2) is 7.49. The van der Waals surface area contributed by atoms with E-state index in [1.54, 1.807) is 43.0 Å². The number of anilines is 2. The van der Waals surface area contributed by atoms with E-state index in [0.29, 0.717) is 51.6 Å². The number of H-pyrrole nitrogens is 1. The molecule has 0 atom stereocenters. The molecule has 4 N–H and O–H groups in total. The SMILES string of the molecule is Nc1cncc(-c2ccc3[nH]nc(C4=NCc5c(-c6cccnc6)ccnc5N4)c3c2F)c1. The average molecular weight is 436 g/mol. The number of aliphatic imine (C=N–C) groups is 1. The van der Waals surface area contributed by atoms with Gasteiger partial charge in [0.2, 0.25) is 0 Å². The molecule has 6 rings (SSSR count). The number of benzene rings is 1. The van der Waals surface area contributed by atoms with Crippen LogP contribution in [0.5, 0.6) is 0 Å². The number of nitrogen functional groups attached to an aromatic ring is 1. The highest BCUT2D eigenvalue weighted by atomic mass is 19.1. The summed E-state index contributed by atoms with van der Waals surface area (Å²) < 4.78 is 15.7. The Morgan fingerprint density at radius 2 is 1.85 bits per heavy atom. The fourth-order valence-corrected chi connectivity index (χ4v) is 4.07. The topological polar surface area (TPSA) is 118 Å². The molecule has 160 valence electrons. The van der Waals surface area contributed by atoms with Gasteiger partial charge in [0.15, 0.2) is 5.84 Å². The molecule has 0 amide bonds. The number of rotatable bonds is 3. The van der Waals surface area contributed by atoms with Crippen LogP contribution in [-0.4, -0.2) is 31.0 Å². The number of fused-ring (bicyclic) bond motifs is 2. The summed E-state index contributed by atoms with van der Waals surface area (Å²) in [5, 5.41) is 10.8. The van der Waals surface area contributed by atoms with Gasteiger partial charge in [0.25, 0.3) is 0 Å². The standard InChI is InChI=1S/C24H17FN8/c25-21-17(14-8-15(26)11-28-10-14)3-4-19-20(21)22(33-32-19)24-30-12-18-16(5-7-29-23(18)31-24)13-2-1-6-27-9-13/h1-11H,12,26H2,(H,32,33)(H,29,30,31). The highest BCUT2D eigenvalue weighted by molar-refractivity contribution is 6.15. The fourth-order valence-electron chi connectivity index (χ4n) is 4.07. The summed E-state index contributed by atoms with van der Waals surface area (Å²) in [5.74, 6) is 0.691. The van der Waals surface area contributed by atoms with E-state index in [2.05, 4.69) is 35.5 Å². The zero-order valence-corrected chi connectivity index (χ0v) is 17.2. The smallest absolute Gasteiger partial charge is 0.155 e. The summed E-state index contributed by atoms with van der Waals surface area (Å²) in [7, 11) is 0. The molecular weight excluding hydrogens is 419 g/mol. The molecule has 9 heteroatoms. The van der Waals surface area contributed by atoms with Crippen molar-refractivity contribution in [2.24, 2.45) is 4.99 Å². The van der Waals surface area contributed by atoms with E-state index in [1.807, 2.05) is 18.2 Å². The van der Waals surface area contributed by atoms with Crippen LogP contribution in [-0.2, 0) is 6.54 Å². The number of hydrogen-bond acceptors (Lipinski definition) is 7. The second-order valence-electron chi connectivity index (χ2n) is 7.65. The third kappa shape index (κ3) is 3.18. The van der Waals surface area contributed by atoms with Crippen molar-refractivity contribution in [3.05, 3.63) is 84.5 Å². The molecule has 4 aromatic heterocycles. The molecule has 1 aromatic carbocycles. The maximum atomic E-state index is 15.7. The van der Waals surface area contributed by atoms with Gasteiger partial charge >= 0.3 is 0 Å². The number of aromatic amines is 1. The second-order valence-corrected chi connectivity index (χ2v) is 7.65. The summed E-state index contributed by atoms with van der Waals surface area (Å²) in [6.07, 6.45) is 8.37. The Morgan fingerprint density at radius 1 is 0.939 bits per heavy atom. The normalized spacial score (nSPS) is 12.8. The molecule has 0 spiro atoms. The van der Waals surface area contributed by atoms with Crippen LogP contribution in [0.3, 0.4) is 0 Å². The zero-order valence-electron chi connectivity index (χ0n) is 17.2. The van der Waals surface area contributed by atoms with Gasteiger partial charge in [-0.15, -0.1) is 0 Å². The number of pyridine rings is 3. The lowest BCUT2D eigenvalue weighted by Gasteiger charge is -2.19. The van der Waals surface area contributed by atoms with Crippen LogP contribution in [0.25, 0.3) is 33.2 Å². The number of hydrogen-bond donors (Lipinski definition) is 3. The minimum Gasteiger partial charge on any atom is -0.397 e. The van der Waals surface area contributed by atoms with Crippen LogP contribution in [0.15, 0.2) is 72.4 Å². The number of nitrogens with one attached hydrogen (secondary N) is 2. The lowest BCUT2D eigenvalue weighted by Crippen LogP contribution is -2.21. The zero-order chi connectivity index (χ0) is 22.4. The molecule has 0 bridgehead atoms. The first kappa shape index (κ1) is 19.1. The van der Waals surface area contributed by atoms with Crippen molar-refractivity contribution >= 4 is 28.2 Å². The first-order chi connectivity index (χ1) is 16.2. The Hall–Kier alpha value is -4.66. The highest BCUT2D eigenvalue weighted by Gasteiger charge is 2.24. The largest absolute Gasteiger partial charge is 0.397 e. The minimum atomic E-state index is -0.420. The fraction of sp³-hybridized carbons (Fsp3) is 0.0417. The van der Waals surface area contributed by atoms with E-state index < -0.39 is 5.82 Å². The van der Waals surface area contributed by atoms with Crippen molar-refractivity contribution in [1.82, 2.24) is 25.1 Å². The van der Waals surface area contributed by atoms with Crippen molar-refractivity contribution < 1.29 is 4.39 Å². The lowest BCUT2D eigenvalue weighted by molar-refractivity contribution is 0.643. The summed E-state index contributed by atoms with van der Waals surface area (Å²) in [5.41, 5.74) is 11.2. The quantitative estimate of drug-likeness (QED) is 0.391. The Kier molecular flexibility index (Phi) is 4.32. The molecular formula is C24H17FN8. The molecule has 1 aliphatic rings. The van der Waals surface area contributed by atoms with Crippen LogP contribution in [0.2, 0.25) is 0 Å². The average Bonchev–Trinajstić information content (AvgIpc) is 3.29. The first-order valence-corrected chi connectivity index (χ1v) is 10.3. The van der Waals surface area contributed by atoms with Gasteiger partial charge in [0.05, 0.1) is 23.1 Å². The van der Waals surface area contributed by atoms with Crippen molar-refractivity contribution in [2.75, 3.05) is 11.1 Å². The van der Waals surface area contributed by atoms with Crippen molar-refractivity contribution in [3.8, 4) is 22.3 Å². The van der Waals surface area contributed by atoms with Crippen molar-refractivity contribution in [3.63, 3.8) is 0 Å². The van der Waals surface area contributed by atoms with E-state index in [1.165, 1.54) is 6.20 Å². The molecule has 8 nitrogen and oxygen atoms in total. The number of nitrogens with two attached hydrogens (primary N) is 1. The predicted octanol–water partition coefficient (Wildman–Crippen LogP) is 4.18. The Morgan fingerprint density at radius 3 is 2.70 bits per heavy atom. The van der Waals surface area contributed by atoms with Crippen molar-refractivity contribution in [2.45, 2.75) is 6.54 Å². The van der Waals surface area contributed by atoms with Gasteiger partial charge in [0.1, 0.15) is 17.3 Å². The van der Waals surface area contributed by atoms with Gasteiger partial charge < -0.3 is 11.1 Å². The van der Waals surface area contributed by atoms with Crippen molar-refractivity contribution in [1.29, 1.82) is 0 Å². The molecule has 0 fully saturated rings. The molecule has 0 aliphatic carbocycles. The van der Waals surface area contributed by atoms with Crippen LogP contribution in [0.4, 0.5) is 15.9 Å². The summed E-state index contributed by atoms with van der Waals surface area (Å²) in [6.45, 7) is 0.380. The van der Waals surface area contributed by atoms with E-state index in [4.69, 9.17) is 5.73 Å². The van der Waals surface area contributed by atoms with Gasteiger partial charge in [-0.3, -0.25) is 20.1 Å². The van der Waals surface area contributed by atoms with Gasteiger partial charge in [-0.25, -0.2) is 9.37 Å². The molecule has 0 saturated heterocycles. The molecule has 1 aliphatic heterocycles. The van der Waals surface area contributed by atoms with E-state index in [9.17, 15) is 0 Å². The summed E-state index contributed by atoms with van der Waals surface area (Å²) >= 11 is 0. The Balaban J connectivity index is 1.43. The Bertz CT molecular complexity index is 1540. The highest BCUT2D eigenvalue weighted by Crippen LogP contribution is 2.33. The van der Waals surface area contributed by atoms with Crippen LogP contribution in [0, 0.1) is 5.82 Å². The van der Waals surface area contributed by atoms with Gasteiger partial charge in [-0.05, 0) is 35.9 Å². The van der Waals surface area contributed by atoms with Crippen LogP contribution in [0.1, 0.15) is 11.3 Å². The third-order valence-corrected chi connectivity index (χ3v) is 5.62. The molecule has 5 heterocycles. The summed E-state index contributed by atoms with van der Waals surface area (Å²) in [4.78, 5) is 17.4. The first-order valence-electron chi connectivity index (χ1n) is 10.3. The number of halogens is 1. The molecule has 0 unspecified atom stereocenters. The van der Waals surface area contributed by atoms with E-state index >= 15 is 4.39 Å². The van der Waals surface area contributed by atoms with Gasteiger partial charge in [-0.1, -0.05) is 6.07 Å². The molecule has 5 aromatic rings. The number of amidine groups is 1. The molecule has 0 radical (unpaired) electrons. The number of aromatic nitrogens is 5. The predicted molar refractivity (Wildman–Crippen MR) is 125 cm³/mol. The number of nitrogens with zero attached hydrogens (tertiary/aromatic N) is 5. The van der Waals surface area contributed by atoms with Gasteiger partial charge in [0, 0.05) is 53.2 Å². The molecule has 0 saturated carbocycles. The minimum absolute atomic E-state index is 0.341. The van der Waals surface area contributed by atoms with Crippen LogP contribution < -0.4 is 11.1 Å². The Labute approximate surface area is 187 Å². The maximum Gasteiger partial charge on any atom is 0.155 e. The van der Waals surface area contributed by atoms with Gasteiger partial charge in [-0.2, -0.15) is 5.10 Å².